The molecular weight excluding hydrogens is 210 g/mol. The number of nitrogens with two attached hydrogens (primary N) is 1. The number of hydrogen-bond donors (Lipinski definition) is 1. The molecule has 1 aromatic rings. The molecule has 1 aromatic carbocycles. The molecule has 2 N–H and O–H groups in total. The Labute approximate surface area is 103 Å². The minimum Gasteiger partial charge on any atom is -0.324 e. The number of hydrogen-bond acceptors (Lipinski definition) is 3. The second-order valence-electron chi connectivity index (χ2n) is 5.33. The van der Waals surface area contributed by atoms with E-state index in [0.717, 1.165) is 6.42 Å². The van der Waals surface area contributed by atoms with E-state index in [2.05, 4.69) is 41.1 Å². The van der Waals surface area contributed by atoms with Gasteiger partial charge in [-0.1, -0.05) is 24.3 Å². The summed E-state index contributed by atoms with van der Waals surface area (Å²) in [7, 11) is 2.20. The van der Waals surface area contributed by atoms with Gasteiger partial charge in [0, 0.05) is 38.3 Å². The number of nitrogens with zero attached hydrogens (tertiary/aromatic N) is 2. The van der Waals surface area contributed by atoms with Gasteiger partial charge in [0.1, 0.15) is 0 Å². The van der Waals surface area contributed by atoms with Crippen LogP contribution in [-0.2, 0) is 0 Å². The molecule has 92 valence electrons. The SMILES string of the molecule is CN1CCN(C2CC(N)c3ccccc32)CC1. The summed E-state index contributed by atoms with van der Waals surface area (Å²) in [5, 5.41) is 0. The second kappa shape index (κ2) is 4.41. The Morgan fingerprint density at radius 2 is 1.71 bits per heavy atom. The fourth-order valence-corrected chi connectivity index (χ4v) is 3.13. The van der Waals surface area contributed by atoms with Crippen molar-refractivity contribution in [3.05, 3.63) is 35.4 Å². The van der Waals surface area contributed by atoms with E-state index >= 15 is 0 Å². The van der Waals surface area contributed by atoms with E-state index in [1.807, 2.05) is 0 Å². The predicted molar refractivity (Wildman–Crippen MR) is 69.8 cm³/mol. The summed E-state index contributed by atoms with van der Waals surface area (Å²) in [5.74, 6) is 0. The second-order valence-corrected chi connectivity index (χ2v) is 5.33. The van der Waals surface area contributed by atoms with E-state index < -0.39 is 0 Å². The maximum Gasteiger partial charge on any atom is 0.0370 e. The molecule has 17 heavy (non-hydrogen) atoms. The molecule has 1 aliphatic carbocycles. The summed E-state index contributed by atoms with van der Waals surface area (Å²) in [4.78, 5) is 5.00. The molecule has 3 heteroatoms. The first-order valence-corrected chi connectivity index (χ1v) is 6.52. The summed E-state index contributed by atoms with van der Waals surface area (Å²) in [6.45, 7) is 4.69. The predicted octanol–water partition coefficient (Wildman–Crippen LogP) is 1.38. The quantitative estimate of drug-likeness (QED) is 0.792. The minimum atomic E-state index is 0.232. The Balaban J connectivity index is 1.82. The number of benzene rings is 1. The van der Waals surface area contributed by atoms with Crippen LogP contribution in [0.5, 0.6) is 0 Å². The first kappa shape index (κ1) is 11.2. The average Bonchev–Trinajstić information content (AvgIpc) is 2.69. The van der Waals surface area contributed by atoms with Crippen molar-refractivity contribution >= 4 is 0 Å². The van der Waals surface area contributed by atoms with Crippen molar-refractivity contribution in [1.29, 1.82) is 0 Å². The minimum absolute atomic E-state index is 0.232. The van der Waals surface area contributed by atoms with Crippen LogP contribution in [0.2, 0.25) is 0 Å². The lowest BCUT2D eigenvalue weighted by molar-refractivity contribution is 0.109. The van der Waals surface area contributed by atoms with Crippen molar-refractivity contribution in [2.45, 2.75) is 18.5 Å². The molecule has 1 heterocycles. The molecule has 0 saturated carbocycles. The van der Waals surface area contributed by atoms with Crippen molar-refractivity contribution in [2.75, 3.05) is 33.2 Å². The summed E-state index contributed by atoms with van der Waals surface area (Å²) in [6.07, 6.45) is 1.09. The lowest BCUT2D eigenvalue weighted by atomic mass is 10.1. The van der Waals surface area contributed by atoms with Gasteiger partial charge in [-0.2, -0.15) is 0 Å². The summed E-state index contributed by atoms with van der Waals surface area (Å²) in [6, 6.07) is 9.47. The lowest BCUT2D eigenvalue weighted by Gasteiger charge is -2.36. The average molecular weight is 231 g/mol. The third-order valence-electron chi connectivity index (χ3n) is 4.21. The molecule has 2 atom stereocenters. The monoisotopic (exact) mass is 231 g/mol. The largest absolute Gasteiger partial charge is 0.324 e. The van der Waals surface area contributed by atoms with Gasteiger partial charge in [0.25, 0.3) is 0 Å². The zero-order valence-corrected chi connectivity index (χ0v) is 10.5. The van der Waals surface area contributed by atoms with E-state index in [-0.39, 0.29) is 6.04 Å². The topological polar surface area (TPSA) is 32.5 Å². The van der Waals surface area contributed by atoms with Crippen LogP contribution < -0.4 is 5.73 Å². The summed E-state index contributed by atoms with van der Waals surface area (Å²) in [5.41, 5.74) is 9.05. The van der Waals surface area contributed by atoms with Crippen molar-refractivity contribution in [3.8, 4) is 0 Å². The molecule has 1 fully saturated rings. The first-order valence-electron chi connectivity index (χ1n) is 6.52. The zero-order valence-electron chi connectivity index (χ0n) is 10.5. The van der Waals surface area contributed by atoms with Gasteiger partial charge >= 0.3 is 0 Å². The van der Waals surface area contributed by atoms with Gasteiger partial charge < -0.3 is 10.6 Å². The van der Waals surface area contributed by atoms with Crippen molar-refractivity contribution in [1.82, 2.24) is 9.80 Å². The van der Waals surface area contributed by atoms with Crippen molar-refractivity contribution in [3.63, 3.8) is 0 Å². The van der Waals surface area contributed by atoms with E-state index in [0.29, 0.717) is 6.04 Å². The van der Waals surface area contributed by atoms with Crippen LogP contribution in [0.4, 0.5) is 0 Å². The molecule has 0 spiro atoms. The Hall–Kier alpha value is -0.900. The molecular formula is C14H21N3. The van der Waals surface area contributed by atoms with Gasteiger partial charge in [0.2, 0.25) is 0 Å². The molecule has 0 bridgehead atoms. The standard InChI is InChI=1S/C14H21N3/c1-16-6-8-17(9-7-16)14-10-13(15)11-4-2-3-5-12(11)14/h2-5,13-14H,6-10,15H2,1H3. The number of likely N-dealkylation sites (N-methyl/N-ethyl adjacent to an activating group) is 1. The van der Waals surface area contributed by atoms with E-state index in [4.69, 9.17) is 5.73 Å². The van der Waals surface area contributed by atoms with Gasteiger partial charge in [-0.3, -0.25) is 4.90 Å². The maximum absolute atomic E-state index is 6.23. The zero-order chi connectivity index (χ0) is 11.8. The summed E-state index contributed by atoms with van der Waals surface area (Å²) < 4.78 is 0. The third kappa shape index (κ3) is 1.99. The molecule has 2 unspecified atom stereocenters. The van der Waals surface area contributed by atoms with Gasteiger partial charge in [-0.15, -0.1) is 0 Å². The van der Waals surface area contributed by atoms with Crippen LogP contribution >= 0.6 is 0 Å². The van der Waals surface area contributed by atoms with Gasteiger partial charge in [0.15, 0.2) is 0 Å². The van der Waals surface area contributed by atoms with Crippen molar-refractivity contribution in [2.24, 2.45) is 5.73 Å². The van der Waals surface area contributed by atoms with E-state index in [1.165, 1.54) is 37.3 Å². The van der Waals surface area contributed by atoms with E-state index in [9.17, 15) is 0 Å². The molecule has 3 nitrogen and oxygen atoms in total. The highest BCUT2D eigenvalue weighted by molar-refractivity contribution is 5.37. The highest BCUT2D eigenvalue weighted by atomic mass is 15.3. The van der Waals surface area contributed by atoms with Crippen LogP contribution in [0.3, 0.4) is 0 Å². The van der Waals surface area contributed by atoms with E-state index in [1.54, 1.807) is 0 Å². The molecule has 0 radical (unpaired) electrons. The third-order valence-corrected chi connectivity index (χ3v) is 4.21. The normalized spacial score (nSPS) is 30.5. The molecule has 0 amide bonds. The number of rotatable bonds is 1. The van der Waals surface area contributed by atoms with Crippen LogP contribution in [-0.4, -0.2) is 43.0 Å². The summed E-state index contributed by atoms with van der Waals surface area (Å²) >= 11 is 0. The highest BCUT2D eigenvalue weighted by Crippen LogP contribution is 2.40. The Kier molecular flexibility index (Phi) is 2.90. The van der Waals surface area contributed by atoms with Crippen LogP contribution in [0.15, 0.2) is 24.3 Å². The number of fused-ring (bicyclic) bond motifs is 1. The van der Waals surface area contributed by atoms with Crippen LogP contribution in [0, 0.1) is 0 Å². The Morgan fingerprint density at radius 1 is 1.06 bits per heavy atom. The molecule has 1 aliphatic heterocycles. The van der Waals surface area contributed by atoms with Crippen LogP contribution in [0.25, 0.3) is 0 Å². The van der Waals surface area contributed by atoms with Gasteiger partial charge in [0.05, 0.1) is 0 Å². The van der Waals surface area contributed by atoms with Crippen LogP contribution in [0.1, 0.15) is 29.6 Å². The lowest BCUT2D eigenvalue weighted by Crippen LogP contribution is -2.45. The highest BCUT2D eigenvalue weighted by Gasteiger charge is 2.33. The molecule has 3 rings (SSSR count). The maximum atomic E-state index is 6.23. The van der Waals surface area contributed by atoms with Gasteiger partial charge in [-0.25, -0.2) is 0 Å². The van der Waals surface area contributed by atoms with Crippen molar-refractivity contribution < 1.29 is 0 Å². The number of piperazine rings is 1. The van der Waals surface area contributed by atoms with Gasteiger partial charge in [-0.05, 0) is 24.6 Å². The molecule has 0 aromatic heterocycles. The molecule has 2 aliphatic rings. The molecule has 1 saturated heterocycles. The first-order chi connectivity index (χ1) is 8.25. The fraction of sp³-hybridized carbons (Fsp3) is 0.571. The Bertz CT molecular complexity index is 396. The Morgan fingerprint density at radius 3 is 2.41 bits per heavy atom. The smallest absolute Gasteiger partial charge is 0.0370 e. The fourth-order valence-electron chi connectivity index (χ4n) is 3.13.